The number of likely N-dealkylation sites (N-methyl/N-ethyl adjacent to an activating group) is 1. The number of carbonyl (C=O) groups excluding carboxylic acids is 5. The van der Waals surface area contributed by atoms with E-state index < -0.39 is 59.3 Å². The fourth-order valence-electron chi connectivity index (χ4n) is 5.56. The van der Waals surface area contributed by atoms with E-state index in [0.717, 1.165) is 19.2 Å². The van der Waals surface area contributed by atoms with Crippen LogP contribution in [-0.4, -0.2) is 79.3 Å². The summed E-state index contributed by atoms with van der Waals surface area (Å²) in [6.07, 6.45) is -1.94. The monoisotopic (exact) mass is 705 g/mol. The number of carbonyl (C=O) groups is 5. The lowest BCUT2D eigenvalue weighted by Gasteiger charge is -2.29. The van der Waals surface area contributed by atoms with Gasteiger partial charge in [-0.15, -0.1) is 0 Å². The van der Waals surface area contributed by atoms with Crippen LogP contribution in [0.3, 0.4) is 0 Å². The van der Waals surface area contributed by atoms with Crippen molar-refractivity contribution >= 4 is 41.2 Å². The maximum atomic E-state index is 15.9. The van der Waals surface area contributed by atoms with Crippen molar-refractivity contribution in [1.82, 2.24) is 26.2 Å². The SMILES string of the molecule is CCCC[C@H](NC(=O)OC(c1ccccc1)C(F)(F)c1cccc(Cl)c1)C(=O)N[C@@H](C[C@@H]1CCNC1=O)C(=O)C(=O)NCCN(CC)CC. The van der Waals surface area contributed by atoms with E-state index in [1.165, 1.54) is 42.5 Å². The van der Waals surface area contributed by atoms with Crippen LogP contribution in [0.5, 0.6) is 0 Å². The van der Waals surface area contributed by atoms with E-state index in [-0.39, 0.29) is 35.9 Å². The van der Waals surface area contributed by atoms with Crippen LogP contribution in [0.4, 0.5) is 13.6 Å². The number of alkyl carbamates (subject to hydrolysis) is 1. The summed E-state index contributed by atoms with van der Waals surface area (Å²) in [6, 6.07) is 9.82. The molecule has 1 heterocycles. The molecule has 0 saturated carbocycles. The van der Waals surface area contributed by atoms with Gasteiger partial charge in [-0.2, -0.15) is 8.78 Å². The zero-order chi connectivity index (χ0) is 36.0. The molecule has 49 heavy (non-hydrogen) atoms. The molecular weight excluding hydrogens is 660 g/mol. The van der Waals surface area contributed by atoms with Crippen LogP contribution in [0.15, 0.2) is 54.6 Å². The molecule has 0 bridgehead atoms. The molecule has 4 amide bonds. The second-order valence-electron chi connectivity index (χ2n) is 11.9. The summed E-state index contributed by atoms with van der Waals surface area (Å²) >= 11 is 5.98. The fraction of sp³-hybridized carbons (Fsp3) is 0.514. The highest BCUT2D eigenvalue weighted by atomic mass is 35.5. The molecule has 1 aliphatic heterocycles. The van der Waals surface area contributed by atoms with Crippen molar-refractivity contribution in [3.63, 3.8) is 0 Å². The van der Waals surface area contributed by atoms with Gasteiger partial charge in [0.2, 0.25) is 17.6 Å². The summed E-state index contributed by atoms with van der Waals surface area (Å²) in [6.45, 7) is 8.43. The van der Waals surface area contributed by atoms with Gasteiger partial charge in [0.1, 0.15) is 6.04 Å². The van der Waals surface area contributed by atoms with Gasteiger partial charge in [-0.25, -0.2) is 4.79 Å². The van der Waals surface area contributed by atoms with Crippen LogP contribution in [0, 0.1) is 5.92 Å². The van der Waals surface area contributed by atoms with Crippen LogP contribution >= 0.6 is 11.6 Å². The predicted octanol–water partition coefficient (Wildman–Crippen LogP) is 4.50. The van der Waals surface area contributed by atoms with Gasteiger partial charge < -0.3 is 30.9 Å². The molecule has 4 N–H and O–H groups in total. The van der Waals surface area contributed by atoms with Gasteiger partial charge in [-0.3, -0.25) is 19.2 Å². The Morgan fingerprint density at radius 2 is 1.73 bits per heavy atom. The second-order valence-corrected chi connectivity index (χ2v) is 12.3. The molecule has 268 valence electrons. The number of hydrogen-bond acceptors (Lipinski definition) is 7. The van der Waals surface area contributed by atoms with Crippen molar-refractivity contribution in [2.24, 2.45) is 5.92 Å². The van der Waals surface area contributed by atoms with E-state index in [2.05, 4.69) is 26.2 Å². The van der Waals surface area contributed by atoms with Crippen molar-refractivity contribution < 1.29 is 37.5 Å². The summed E-state index contributed by atoms with van der Waals surface area (Å²) in [7, 11) is 0. The average molecular weight is 706 g/mol. The zero-order valence-corrected chi connectivity index (χ0v) is 28.9. The Morgan fingerprint density at radius 3 is 2.35 bits per heavy atom. The highest BCUT2D eigenvalue weighted by Gasteiger charge is 2.46. The van der Waals surface area contributed by atoms with Gasteiger partial charge in [-0.05, 0) is 50.0 Å². The molecule has 2 aromatic rings. The van der Waals surface area contributed by atoms with Crippen molar-refractivity contribution in [2.45, 2.75) is 77.0 Å². The first kappa shape index (κ1) is 39.3. The molecule has 4 atom stereocenters. The molecule has 0 spiro atoms. The van der Waals surface area contributed by atoms with E-state index >= 15 is 8.78 Å². The average Bonchev–Trinajstić information content (AvgIpc) is 3.50. The number of nitrogens with zero attached hydrogens (tertiary/aromatic N) is 1. The highest BCUT2D eigenvalue weighted by Crippen LogP contribution is 2.43. The molecule has 11 nitrogen and oxygen atoms in total. The number of hydrogen-bond donors (Lipinski definition) is 4. The number of nitrogens with one attached hydrogen (secondary N) is 4. The first-order valence-corrected chi connectivity index (χ1v) is 17.1. The lowest BCUT2D eigenvalue weighted by Crippen LogP contribution is -2.55. The standard InChI is InChI=1S/C35H46ClF2N5O6/c1-4-7-16-27(42-34(48)49-30(23-12-9-8-10-13-23)35(37,38)25-14-11-15-26(36)22-25)32(46)41-28(21-24-17-18-39-31(24)45)29(44)33(47)40-19-20-43(5-2)6-3/h8-15,22,24,27-28,30H,4-7,16-21H2,1-3H3,(H,39,45)(H,40,47)(H,41,46)(H,42,48)/t24-,27-,28-,30?/m0/s1. The normalized spacial score (nSPS) is 16.3. The molecule has 1 unspecified atom stereocenters. The Labute approximate surface area is 290 Å². The minimum absolute atomic E-state index is 0.00435. The molecule has 2 aromatic carbocycles. The topological polar surface area (TPSA) is 146 Å². The number of unbranched alkanes of at least 4 members (excludes halogenated alkanes) is 1. The summed E-state index contributed by atoms with van der Waals surface area (Å²) in [5.41, 5.74) is -0.473. The zero-order valence-electron chi connectivity index (χ0n) is 28.1. The first-order valence-electron chi connectivity index (χ1n) is 16.7. The summed E-state index contributed by atoms with van der Waals surface area (Å²) < 4.78 is 37.2. The molecule has 0 aromatic heterocycles. The number of amides is 4. The third-order valence-electron chi connectivity index (χ3n) is 8.47. The second kappa shape index (κ2) is 19.2. The number of halogens is 3. The Kier molecular flexibility index (Phi) is 15.4. The van der Waals surface area contributed by atoms with E-state index in [9.17, 15) is 24.0 Å². The molecule has 1 saturated heterocycles. The van der Waals surface area contributed by atoms with Crippen LogP contribution in [0.2, 0.25) is 5.02 Å². The largest absolute Gasteiger partial charge is 0.434 e. The van der Waals surface area contributed by atoms with Gasteiger partial charge in [-0.1, -0.05) is 87.7 Å². The molecule has 1 fully saturated rings. The minimum Gasteiger partial charge on any atom is -0.434 e. The molecule has 1 aliphatic rings. The van der Waals surface area contributed by atoms with Crippen molar-refractivity contribution in [2.75, 3.05) is 32.7 Å². The Morgan fingerprint density at radius 1 is 1.02 bits per heavy atom. The van der Waals surface area contributed by atoms with Gasteiger partial charge in [0.15, 0.2) is 6.10 Å². The summed E-state index contributed by atoms with van der Waals surface area (Å²) in [5, 5.41) is 10.3. The van der Waals surface area contributed by atoms with Crippen molar-refractivity contribution in [1.29, 1.82) is 0 Å². The number of ether oxygens (including phenoxy) is 1. The smallest absolute Gasteiger partial charge is 0.408 e. The summed E-state index contributed by atoms with van der Waals surface area (Å²) in [4.78, 5) is 67.5. The van der Waals surface area contributed by atoms with Crippen LogP contribution in [-0.2, 0) is 29.8 Å². The molecule has 0 radical (unpaired) electrons. The Balaban J connectivity index is 1.80. The number of benzene rings is 2. The quantitative estimate of drug-likeness (QED) is 0.158. The van der Waals surface area contributed by atoms with Crippen LogP contribution < -0.4 is 21.3 Å². The van der Waals surface area contributed by atoms with Crippen molar-refractivity contribution in [3.8, 4) is 0 Å². The molecule has 14 heteroatoms. The lowest BCUT2D eigenvalue weighted by atomic mass is 9.95. The third-order valence-corrected chi connectivity index (χ3v) is 8.70. The maximum absolute atomic E-state index is 15.9. The van der Waals surface area contributed by atoms with Gasteiger partial charge in [0, 0.05) is 36.1 Å². The van der Waals surface area contributed by atoms with Crippen LogP contribution in [0.25, 0.3) is 0 Å². The number of ketones is 1. The molecule has 3 rings (SSSR count). The van der Waals surface area contributed by atoms with E-state index in [0.29, 0.717) is 32.4 Å². The number of alkyl halides is 2. The third kappa shape index (κ3) is 11.5. The van der Waals surface area contributed by atoms with E-state index in [4.69, 9.17) is 16.3 Å². The van der Waals surface area contributed by atoms with E-state index in [1.54, 1.807) is 6.07 Å². The Hall–Kier alpha value is -4.10. The lowest BCUT2D eigenvalue weighted by molar-refractivity contribution is -0.141. The first-order chi connectivity index (χ1) is 23.4. The van der Waals surface area contributed by atoms with Crippen LogP contribution in [0.1, 0.15) is 70.1 Å². The minimum atomic E-state index is -3.72. The number of rotatable bonds is 19. The fourth-order valence-corrected chi connectivity index (χ4v) is 5.75. The van der Waals surface area contributed by atoms with Gasteiger partial charge in [0.25, 0.3) is 5.91 Å². The number of Topliss-reactive ketones (excluding diaryl/α,β-unsaturated/α-hetero) is 1. The van der Waals surface area contributed by atoms with Gasteiger partial charge in [0.05, 0.1) is 6.04 Å². The Bertz CT molecular complexity index is 1430. The predicted molar refractivity (Wildman–Crippen MR) is 181 cm³/mol. The molecule has 0 aliphatic carbocycles. The van der Waals surface area contributed by atoms with E-state index in [1.807, 2.05) is 20.8 Å². The van der Waals surface area contributed by atoms with Crippen molar-refractivity contribution in [3.05, 3.63) is 70.7 Å². The van der Waals surface area contributed by atoms with Gasteiger partial charge >= 0.3 is 12.0 Å². The molecular formula is C35H46ClF2N5O6. The maximum Gasteiger partial charge on any atom is 0.408 e. The summed E-state index contributed by atoms with van der Waals surface area (Å²) in [5.74, 6) is -7.31. The highest BCUT2D eigenvalue weighted by molar-refractivity contribution is 6.38.